The number of aryl methyl sites for hydroxylation is 1. The van der Waals surface area contributed by atoms with Crippen LogP contribution in [0.2, 0.25) is 0 Å². The zero-order valence-electron chi connectivity index (χ0n) is 16.3. The first-order valence-electron chi connectivity index (χ1n) is 9.41. The highest BCUT2D eigenvalue weighted by atomic mass is 32.2. The number of hydrogen-bond donors (Lipinski definition) is 2. The first kappa shape index (κ1) is 18.9. The van der Waals surface area contributed by atoms with E-state index in [-0.39, 0.29) is 11.8 Å². The van der Waals surface area contributed by atoms with E-state index in [0.717, 1.165) is 22.4 Å². The number of aromatic nitrogens is 2. The van der Waals surface area contributed by atoms with Crippen LogP contribution in [-0.4, -0.2) is 47.8 Å². The van der Waals surface area contributed by atoms with E-state index in [1.165, 1.54) is 15.2 Å². The van der Waals surface area contributed by atoms with E-state index in [1.54, 1.807) is 6.92 Å². The van der Waals surface area contributed by atoms with Gasteiger partial charge in [-0.25, -0.2) is 8.42 Å². The summed E-state index contributed by atoms with van der Waals surface area (Å²) >= 11 is 0. The molecule has 3 N–H and O–H groups in total. The number of para-hydroxylation sites is 1. The van der Waals surface area contributed by atoms with Gasteiger partial charge in [0.05, 0.1) is 23.9 Å². The van der Waals surface area contributed by atoms with Crippen LogP contribution in [0.15, 0.2) is 18.2 Å². The molecule has 2 atom stereocenters. The second-order valence-electron chi connectivity index (χ2n) is 7.61. The minimum absolute atomic E-state index is 0.168. The average molecular weight is 404 g/mol. The quantitative estimate of drug-likeness (QED) is 0.792. The van der Waals surface area contributed by atoms with Gasteiger partial charge in [0.25, 0.3) is 5.91 Å². The molecule has 0 aliphatic carbocycles. The molecule has 28 heavy (non-hydrogen) atoms. The summed E-state index contributed by atoms with van der Waals surface area (Å²) in [6.45, 7) is 4.84. The molecule has 8 nitrogen and oxygen atoms in total. The third-order valence-electron chi connectivity index (χ3n) is 5.81. The van der Waals surface area contributed by atoms with E-state index in [9.17, 15) is 13.2 Å². The molecule has 3 heterocycles. The Hall–Kier alpha value is -2.39. The maximum atomic E-state index is 13.4. The van der Waals surface area contributed by atoms with Gasteiger partial charge in [-0.2, -0.15) is 14.1 Å². The van der Waals surface area contributed by atoms with Crippen molar-refractivity contribution in [3.63, 3.8) is 0 Å². The smallest absolute Gasteiger partial charge is 0.256 e. The lowest BCUT2D eigenvalue weighted by molar-refractivity contribution is 0.0858. The van der Waals surface area contributed by atoms with Crippen LogP contribution in [0, 0.1) is 6.92 Å². The fourth-order valence-corrected chi connectivity index (χ4v) is 5.47. The lowest BCUT2D eigenvalue weighted by Crippen LogP contribution is -2.38. The first-order valence-corrected chi connectivity index (χ1v) is 11.3. The maximum Gasteiger partial charge on any atom is 0.256 e. The van der Waals surface area contributed by atoms with E-state index in [2.05, 4.69) is 10.4 Å². The Bertz CT molecular complexity index is 1060. The fraction of sp³-hybridized carbons (Fsp3) is 0.474. The molecule has 150 valence electrons. The number of sulfonamides is 1. The zero-order chi connectivity index (χ0) is 20.2. The van der Waals surface area contributed by atoms with E-state index < -0.39 is 16.1 Å². The lowest BCUT2D eigenvalue weighted by Gasteiger charge is -2.30. The fourth-order valence-electron chi connectivity index (χ4n) is 4.37. The topological polar surface area (TPSA) is 110 Å². The van der Waals surface area contributed by atoms with Gasteiger partial charge in [-0.3, -0.25) is 4.79 Å². The molecule has 1 aromatic carbocycles. The number of carbonyl (C=O) groups is 1. The molecular formula is C19H25N5O3S. The Balaban J connectivity index is 1.73. The number of benzene rings is 1. The molecule has 2 aliphatic heterocycles. The number of nitrogen functional groups attached to an aromatic ring is 1. The van der Waals surface area contributed by atoms with Crippen molar-refractivity contribution in [1.82, 2.24) is 14.1 Å². The van der Waals surface area contributed by atoms with Crippen LogP contribution in [-0.2, 0) is 16.4 Å². The van der Waals surface area contributed by atoms with Crippen LogP contribution < -0.4 is 11.1 Å². The predicted molar refractivity (Wildman–Crippen MR) is 108 cm³/mol. The Morgan fingerprint density at radius 1 is 1.36 bits per heavy atom. The number of nitrogens with zero attached hydrogens (tertiary/aromatic N) is 3. The first-order chi connectivity index (χ1) is 13.2. The lowest BCUT2D eigenvalue weighted by atomic mass is 9.88. The van der Waals surface area contributed by atoms with Crippen molar-refractivity contribution in [2.75, 3.05) is 30.4 Å². The van der Waals surface area contributed by atoms with Crippen molar-refractivity contribution in [1.29, 1.82) is 0 Å². The number of anilines is 2. The standard InChI is InChI=1S/C19H25N5O3S/c1-11-5-4-6-13-14(7-9-21-16(11)13)19(25)24-18(20)15-8-10-23(28(3,26)27)12(2)17(15)22-24/h4-6,12,14,21H,7-10,20H2,1-3H3. The third kappa shape index (κ3) is 2.89. The molecule has 0 fully saturated rings. The van der Waals surface area contributed by atoms with Gasteiger partial charge in [0, 0.05) is 24.3 Å². The Kier molecular flexibility index (Phi) is 4.46. The molecule has 0 saturated carbocycles. The Morgan fingerprint density at radius 2 is 2.11 bits per heavy atom. The highest BCUT2D eigenvalue weighted by Gasteiger charge is 2.37. The summed E-state index contributed by atoms with van der Waals surface area (Å²) in [5, 5.41) is 7.85. The van der Waals surface area contributed by atoms with Crippen molar-refractivity contribution in [2.45, 2.75) is 38.6 Å². The summed E-state index contributed by atoms with van der Waals surface area (Å²) in [6, 6.07) is 5.48. The van der Waals surface area contributed by atoms with Gasteiger partial charge in [0.2, 0.25) is 10.0 Å². The third-order valence-corrected chi connectivity index (χ3v) is 7.16. The van der Waals surface area contributed by atoms with E-state index in [4.69, 9.17) is 5.73 Å². The molecule has 1 aromatic heterocycles. The molecule has 0 bridgehead atoms. The van der Waals surface area contributed by atoms with Gasteiger partial charge >= 0.3 is 0 Å². The second kappa shape index (κ2) is 6.59. The van der Waals surface area contributed by atoms with Crippen molar-refractivity contribution in [3.8, 4) is 0 Å². The van der Waals surface area contributed by atoms with Crippen molar-refractivity contribution in [2.24, 2.45) is 0 Å². The van der Waals surface area contributed by atoms with Crippen molar-refractivity contribution >= 4 is 27.4 Å². The average Bonchev–Trinajstić information content (AvgIpc) is 2.98. The normalized spacial score (nSPS) is 22.2. The number of carbonyl (C=O) groups excluding carboxylic acids is 1. The van der Waals surface area contributed by atoms with Crippen molar-refractivity contribution < 1.29 is 13.2 Å². The molecule has 9 heteroatoms. The molecule has 4 rings (SSSR count). The molecule has 0 amide bonds. The van der Waals surface area contributed by atoms with Crippen LogP contribution in [0.25, 0.3) is 0 Å². The summed E-state index contributed by atoms with van der Waals surface area (Å²) in [4.78, 5) is 13.4. The van der Waals surface area contributed by atoms with Crippen LogP contribution in [0.1, 0.15) is 52.5 Å². The number of fused-ring (bicyclic) bond motifs is 2. The number of hydrogen-bond acceptors (Lipinski definition) is 6. The van der Waals surface area contributed by atoms with E-state index in [1.807, 2.05) is 25.1 Å². The molecule has 0 saturated heterocycles. The predicted octanol–water partition coefficient (Wildman–Crippen LogP) is 1.89. The summed E-state index contributed by atoms with van der Waals surface area (Å²) < 4.78 is 26.8. The van der Waals surface area contributed by atoms with Gasteiger partial charge in [-0.15, -0.1) is 0 Å². The van der Waals surface area contributed by atoms with Gasteiger partial charge < -0.3 is 11.1 Å². The monoisotopic (exact) mass is 403 g/mol. The number of nitrogens with one attached hydrogen (secondary N) is 1. The van der Waals surface area contributed by atoms with Crippen LogP contribution in [0.5, 0.6) is 0 Å². The van der Waals surface area contributed by atoms with Gasteiger partial charge in [-0.05, 0) is 37.8 Å². The Labute approximate surface area is 164 Å². The molecule has 2 unspecified atom stereocenters. The number of rotatable bonds is 2. The maximum absolute atomic E-state index is 13.4. The summed E-state index contributed by atoms with van der Waals surface area (Å²) in [6.07, 6.45) is 2.30. The summed E-state index contributed by atoms with van der Waals surface area (Å²) in [5.74, 6) is -0.174. The molecule has 2 aliphatic rings. The highest BCUT2D eigenvalue weighted by molar-refractivity contribution is 7.88. The minimum atomic E-state index is -3.36. The molecule has 0 radical (unpaired) electrons. The zero-order valence-corrected chi connectivity index (χ0v) is 17.1. The molecule has 2 aromatic rings. The molecular weight excluding hydrogens is 378 g/mol. The van der Waals surface area contributed by atoms with E-state index >= 15 is 0 Å². The van der Waals surface area contributed by atoms with Crippen LogP contribution in [0.3, 0.4) is 0 Å². The summed E-state index contributed by atoms with van der Waals surface area (Å²) in [5.41, 5.74) is 10.7. The van der Waals surface area contributed by atoms with E-state index in [0.29, 0.717) is 37.4 Å². The minimum Gasteiger partial charge on any atom is -0.385 e. The second-order valence-corrected chi connectivity index (χ2v) is 9.54. The SMILES string of the molecule is Cc1cccc2c1NCCC2C(=O)n1nc2c(c1N)CCN(S(C)(=O)=O)C2C. The van der Waals surface area contributed by atoms with Gasteiger partial charge in [0.1, 0.15) is 5.82 Å². The highest BCUT2D eigenvalue weighted by Crippen LogP contribution is 2.37. The van der Waals surface area contributed by atoms with Gasteiger partial charge in [-0.1, -0.05) is 18.2 Å². The largest absolute Gasteiger partial charge is 0.385 e. The molecule has 0 spiro atoms. The van der Waals surface area contributed by atoms with Gasteiger partial charge in [0.15, 0.2) is 0 Å². The van der Waals surface area contributed by atoms with Crippen LogP contribution >= 0.6 is 0 Å². The van der Waals surface area contributed by atoms with Crippen LogP contribution in [0.4, 0.5) is 11.5 Å². The summed E-state index contributed by atoms with van der Waals surface area (Å²) in [7, 11) is -3.36. The number of nitrogens with two attached hydrogens (primary N) is 1. The Morgan fingerprint density at radius 3 is 2.82 bits per heavy atom. The van der Waals surface area contributed by atoms with Crippen molar-refractivity contribution in [3.05, 3.63) is 40.6 Å².